The number of nitrogens with one attached hydrogen (secondary N) is 1. The number of carbonyl (C=O) groups excluding carboxylic acids is 1. The molecule has 7 nitrogen and oxygen atoms in total. The summed E-state index contributed by atoms with van der Waals surface area (Å²) < 4.78 is 30.6. The molecule has 0 atom stereocenters. The number of aliphatic hydroxyl groups excluding tert-OH is 1. The van der Waals surface area contributed by atoms with E-state index in [4.69, 9.17) is 4.74 Å². The fourth-order valence-corrected chi connectivity index (χ4v) is 3.87. The van der Waals surface area contributed by atoms with E-state index in [1.54, 1.807) is 0 Å². The van der Waals surface area contributed by atoms with Crippen LogP contribution in [0, 0.1) is 0 Å². The van der Waals surface area contributed by atoms with Crippen molar-refractivity contribution in [2.24, 2.45) is 0 Å². The number of nitrogens with zero attached hydrogens (tertiary/aromatic N) is 1. The van der Waals surface area contributed by atoms with Gasteiger partial charge in [0, 0.05) is 19.5 Å². The smallest absolute Gasteiger partial charge is 0.221 e. The molecule has 1 aliphatic heterocycles. The molecule has 0 unspecified atom stereocenters. The molecular formula is C12H22N2O5S. The predicted molar refractivity (Wildman–Crippen MR) is 72.6 cm³/mol. The summed E-state index contributed by atoms with van der Waals surface area (Å²) in [5.74, 6) is -0.504. The highest BCUT2D eigenvalue weighted by molar-refractivity contribution is 7.89. The Labute approximate surface area is 119 Å². The van der Waals surface area contributed by atoms with E-state index in [0.29, 0.717) is 26.3 Å². The average molecular weight is 306 g/mol. The molecule has 8 heteroatoms. The Balaban J connectivity index is 1.80. The SMILES string of the molecule is O=C(CCS(=O)(=O)N1CCOCC1)NC1(CO)CCC1. The molecule has 2 aliphatic rings. The van der Waals surface area contributed by atoms with E-state index in [1.807, 2.05) is 0 Å². The summed E-state index contributed by atoms with van der Waals surface area (Å²) in [6.07, 6.45) is 2.42. The summed E-state index contributed by atoms with van der Waals surface area (Å²) in [7, 11) is -3.40. The molecule has 0 bridgehead atoms. The molecule has 0 aromatic heterocycles. The summed E-state index contributed by atoms with van der Waals surface area (Å²) in [5, 5.41) is 12.0. The van der Waals surface area contributed by atoms with Gasteiger partial charge in [0.25, 0.3) is 0 Å². The highest BCUT2D eigenvalue weighted by Crippen LogP contribution is 2.31. The Bertz CT molecular complexity index is 435. The lowest BCUT2D eigenvalue weighted by Gasteiger charge is -2.41. The molecule has 1 heterocycles. The Morgan fingerprint density at radius 1 is 1.30 bits per heavy atom. The van der Waals surface area contributed by atoms with Gasteiger partial charge in [0.1, 0.15) is 0 Å². The maximum atomic E-state index is 12.0. The van der Waals surface area contributed by atoms with Crippen molar-refractivity contribution >= 4 is 15.9 Å². The number of aliphatic hydroxyl groups is 1. The zero-order valence-corrected chi connectivity index (χ0v) is 12.3. The van der Waals surface area contributed by atoms with Gasteiger partial charge in [0.05, 0.1) is 31.1 Å². The fraction of sp³-hybridized carbons (Fsp3) is 0.917. The van der Waals surface area contributed by atoms with Crippen LogP contribution >= 0.6 is 0 Å². The molecule has 1 amide bonds. The van der Waals surface area contributed by atoms with E-state index in [1.165, 1.54) is 4.31 Å². The molecule has 2 fully saturated rings. The molecule has 0 aromatic carbocycles. The summed E-state index contributed by atoms with van der Waals surface area (Å²) >= 11 is 0. The lowest BCUT2D eigenvalue weighted by atomic mass is 9.77. The number of rotatable bonds is 6. The molecule has 0 radical (unpaired) electrons. The van der Waals surface area contributed by atoms with E-state index in [0.717, 1.165) is 19.3 Å². The number of ether oxygens (including phenoxy) is 1. The molecule has 0 spiro atoms. The van der Waals surface area contributed by atoms with Crippen LogP contribution in [0.4, 0.5) is 0 Å². The normalized spacial score (nSPS) is 23.1. The van der Waals surface area contributed by atoms with Gasteiger partial charge < -0.3 is 15.2 Å². The van der Waals surface area contributed by atoms with Crippen LogP contribution < -0.4 is 5.32 Å². The first kappa shape index (κ1) is 15.7. The van der Waals surface area contributed by atoms with Gasteiger partial charge in [-0.3, -0.25) is 4.79 Å². The van der Waals surface area contributed by atoms with Crippen molar-refractivity contribution in [3.63, 3.8) is 0 Å². The third-order valence-corrected chi connectivity index (χ3v) is 5.84. The van der Waals surface area contributed by atoms with Crippen LogP contribution in [0.25, 0.3) is 0 Å². The van der Waals surface area contributed by atoms with E-state index >= 15 is 0 Å². The van der Waals surface area contributed by atoms with Crippen molar-refractivity contribution in [2.75, 3.05) is 38.7 Å². The number of sulfonamides is 1. The van der Waals surface area contributed by atoms with Gasteiger partial charge in [0.15, 0.2) is 0 Å². The van der Waals surface area contributed by atoms with Crippen LogP contribution in [0.5, 0.6) is 0 Å². The molecule has 2 rings (SSSR count). The topological polar surface area (TPSA) is 95.9 Å². The number of morpholine rings is 1. The number of hydrogen-bond donors (Lipinski definition) is 2. The van der Waals surface area contributed by atoms with E-state index in [-0.39, 0.29) is 24.7 Å². The third-order valence-electron chi connectivity index (χ3n) is 3.97. The maximum absolute atomic E-state index is 12.0. The number of hydrogen-bond acceptors (Lipinski definition) is 5. The minimum Gasteiger partial charge on any atom is -0.394 e. The fourth-order valence-electron chi connectivity index (χ4n) is 2.46. The Morgan fingerprint density at radius 3 is 2.45 bits per heavy atom. The van der Waals surface area contributed by atoms with Gasteiger partial charge in [-0.15, -0.1) is 0 Å². The van der Waals surface area contributed by atoms with E-state index in [2.05, 4.69) is 5.32 Å². The maximum Gasteiger partial charge on any atom is 0.221 e. The third kappa shape index (κ3) is 3.69. The minimum absolute atomic E-state index is 0.0680. The average Bonchev–Trinajstić information content (AvgIpc) is 2.42. The van der Waals surface area contributed by atoms with Crippen molar-refractivity contribution in [3.8, 4) is 0 Å². The van der Waals surface area contributed by atoms with Crippen LogP contribution in [0.3, 0.4) is 0 Å². The standard InChI is InChI=1S/C12H22N2O5S/c15-10-12(3-1-4-12)13-11(16)2-9-20(17,18)14-5-7-19-8-6-14/h15H,1-10H2,(H,13,16). The zero-order valence-electron chi connectivity index (χ0n) is 11.5. The highest BCUT2D eigenvalue weighted by atomic mass is 32.2. The second-order valence-corrected chi connectivity index (χ2v) is 7.51. The van der Waals surface area contributed by atoms with Crippen LogP contribution in [0.15, 0.2) is 0 Å². The number of carbonyl (C=O) groups is 1. The van der Waals surface area contributed by atoms with Crippen molar-refractivity contribution in [3.05, 3.63) is 0 Å². The minimum atomic E-state index is -3.40. The largest absolute Gasteiger partial charge is 0.394 e. The molecule has 116 valence electrons. The lowest BCUT2D eigenvalue weighted by molar-refractivity contribution is -0.124. The molecule has 1 saturated heterocycles. The summed E-state index contributed by atoms with van der Waals surface area (Å²) in [6, 6.07) is 0. The monoisotopic (exact) mass is 306 g/mol. The zero-order chi connectivity index (χ0) is 14.6. The molecule has 2 N–H and O–H groups in total. The second-order valence-electron chi connectivity index (χ2n) is 5.42. The first-order chi connectivity index (χ1) is 9.47. The molecular weight excluding hydrogens is 284 g/mol. The van der Waals surface area contributed by atoms with Gasteiger partial charge >= 0.3 is 0 Å². The quantitative estimate of drug-likeness (QED) is 0.661. The van der Waals surface area contributed by atoms with E-state index in [9.17, 15) is 18.3 Å². The van der Waals surface area contributed by atoms with Gasteiger partial charge in [-0.1, -0.05) is 0 Å². The van der Waals surface area contributed by atoms with Crippen molar-refractivity contribution in [1.82, 2.24) is 9.62 Å². The van der Waals surface area contributed by atoms with Crippen molar-refractivity contribution in [2.45, 2.75) is 31.2 Å². The predicted octanol–water partition coefficient (Wildman–Crippen LogP) is -0.930. The summed E-state index contributed by atoms with van der Waals surface area (Å²) in [6.45, 7) is 1.42. The first-order valence-corrected chi connectivity index (χ1v) is 8.56. The summed E-state index contributed by atoms with van der Waals surface area (Å²) in [5.41, 5.74) is -0.514. The van der Waals surface area contributed by atoms with Gasteiger partial charge in [-0.25, -0.2) is 8.42 Å². The Morgan fingerprint density at radius 2 is 1.95 bits per heavy atom. The van der Waals surface area contributed by atoms with Gasteiger partial charge in [-0.05, 0) is 19.3 Å². The summed E-state index contributed by atoms with van der Waals surface area (Å²) in [4.78, 5) is 11.8. The number of amides is 1. The molecule has 0 aromatic rings. The lowest BCUT2D eigenvalue weighted by Crippen LogP contribution is -2.56. The van der Waals surface area contributed by atoms with Crippen LogP contribution in [0.1, 0.15) is 25.7 Å². The second kappa shape index (κ2) is 6.38. The van der Waals surface area contributed by atoms with Crippen molar-refractivity contribution in [1.29, 1.82) is 0 Å². The molecule has 1 saturated carbocycles. The first-order valence-electron chi connectivity index (χ1n) is 6.95. The van der Waals surface area contributed by atoms with E-state index < -0.39 is 15.6 Å². The van der Waals surface area contributed by atoms with Gasteiger partial charge in [-0.2, -0.15) is 4.31 Å². The Kier molecular flexibility index (Phi) is 5.00. The Hall–Kier alpha value is -0.700. The van der Waals surface area contributed by atoms with Crippen molar-refractivity contribution < 1.29 is 23.1 Å². The molecule has 20 heavy (non-hydrogen) atoms. The molecule has 1 aliphatic carbocycles. The van der Waals surface area contributed by atoms with Crippen LogP contribution in [-0.2, 0) is 19.6 Å². The van der Waals surface area contributed by atoms with Gasteiger partial charge in [0.2, 0.25) is 15.9 Å². The highest BCUT2D eigenvalue weighted by Gasteiger charge is 2.37. The van der Waals surface area contributed by atoms with Crippen LogP contribution in [0.2, 0.25) is 0 Å². The van der Waals surface area contributed by atoms with Crippen LogP contribution in [-0.4, -0.2) is 67.9 Å².